The summed E-state index contributed by atoms with van der Waals surface area (Å²) in [7, 11) is 0. The van der Waals surface area contributed by atoms with Gasteiger partial charge in [-0.05, 0) is 52.3 Å². The van der Waals surface area contributed by atoms with Gasteiger partial charge in [-0.15, -0.1) is 0 Å². The lowest BCUT2D eigenvalue weighted by molar-refractivity contribution is -0.385. The second kappa shape index (κ2) is 8.89. The number of amides is 3. The molecule has 29 heavy (non-hydrogen) atoms. The number of carbonyl (C=O) groups is 2. The molecule has 0 saturated heterocycles. The van der Waals surface area contributed by atoms with Gasteiger partial charge in [0.2, 0.25) is 0 Å². The smallest absolute Gasteiger partial charge is 0.326 e. The number of nitro benzene ring substituents is 1. The second-order valence-electron chi connectivity index (χ2n) is 5.47. The van der Waals surface area contributed by atoms with Crippen LogP contribution in [0.25, 0.3) is 0 Å². The van der Waals surface area contributed by atoms with Crippen molar-refractivity contribution in [1.82, 2.24) is 15.3 Å². The Hall–Kier alpha value is -3.86. The van der Waals surface area contributed by atoms with Crippen molar-refractivity contribution in [2.24, 2.45) is 0 Å². The van der Waals surface area contributed by atoms with E-state index in [1.54, 1.807) is 30.3 Å². The van der Waals surface area contributed by atoms with Crippen molar-refractivity contribution < 1.29 is 19.2 Å². The van der Waals surface area contributed by atoms with E-state index in [1.807, 2.05) is 0 Å². The predicted octanol–water partition coefficient (Wildman–Crippen LogP) is 3.90. The number of rotatable bonds is 5. The summed E-state index contributed by atoms with van der Waals surface area (Å²) >= 11 is 3.21. The second-order valence-corrected chi connectivity index (χ2v) is 6.28. The molecule has 0 atom stereocenters. The van der Waals surface area contributed by atoms with Crippen molar-refractivity contribution in [2.75, 3.05) is 5.32 Å². The van der Waals surface area contributed by atoms with E-state index < -0.39 is 22.5 Å². The Morgan fingerprint density at radius 2 is 1.79 bits per heavy atom. The van der Waals surface area contributed by atoms with Gasteiger partial charge in [0.1, 0.15) is 15.9 Å². The molecular formula is C18H12BrN5O5. The Kier molecular flexibility index (Phi) is 6.09. The molecule has 0 bridgehead atoms. The number of hydrogen-bond donors (Lipinski definition) is 2. The van der Waals surface area contributed by atoms with Crippen molar-refractivity contribution in [2.45, 2.75) is 0 Å². The number of nitrogens with one attached hydrogen (secondary N) is 2. The van der Waals surface area contributed by atoms with Crippen LogP contribution in [0, 0.1) is 10.1 Å². The summed E-state index contributed by atoms with van der Waals surface area (Å²) in [4.78, 5) is 42.5. The van der Waals surface area contributed by atoms with Gasteiger partial charge >= 0.3 is 12.0 Å². The third-order valence-corrected chi connectivity index (χ3v) is 3.93. The summed E-state index contributed by atoms with van der Waals surface area (Å²) in [6.07, 6.45) is 1.53. The summed E-state index contributed by atoms with van der Waals surface area (Å²) in [5.74, 6) is -0.452. The van der Waals surface area contributed by atoms with Crippen LogP contribution in [-0.2, 0) is 0 Å². The highest BCUT2D eigenvalue weighted by Crippen LogP contribution is 2.21. The molecule has 0 radical (unpaired) electrons. The number of imide groups is 1. The molecular weight excluding hydrogens is 446 g/mol. The van der Waals surface area contributed by atoms with E-state index in [4.69, 9.17) is 4.74 Å². The average molecular weight is 458 g/mol. The predicted molar refractivity (Wildman–Crippen MR) is 106 cm³/mol. The molecule has 3 rings (SSSR count). The molecule has 1 aromatic heterocycles. The summed E-state index contributed by atoms with van der Waals surface area (Å²) in [6.45, 7) is 0. The molecule has 2 aromatic carbocycles. The van der Waals surface area contributed by atoms with E-state index in [-0.39, 0.29) is 11.6 Å². The van der Waals surface area contributed by atoms with Crippen LogP contribution in [0.2, 0.25) is 0 Å². The standard InChI is InChI=1S/C18H12BrN5O5/c19-15-9-10-20-18(22-15)29-12-7-5-11(6-8-12)21-17(26)23-16(25)13-3-1-2-4-14(13)24(27)28/h1-10H,(H2,21,23,25,26). The van der Waals surface area contributed by atoms with Crippen LogP contribution in [0.15, 0.2) is 65.4 Å². The molecule has 146 valence electrons. The van der Waals surface area contributed by atoms with E-state index in [0.717, 1.165) is 0 Å². The maximum Gasteiger partial charge on any atom is 0.326 e. The number of para-hydroxylation sites is 1. The molecule has 3 aromatic rings. The van der Waals surface area contributed by atoms with Gasteiger partial charge in [-0.25, -0.2) is 9.78 Å². The zero-order valence-corrected chi connectivity index (χ0v) is 16.1. The molecule has 0 unspecified atom stereocenters. The summed E-state index contributed by atoms with van der Waals surface area (Å²) in [6, 6.07) is 12.5. The number of halogens is 1. The van der Waals surface area contributed by atoms with Gasteiger partial charge in [-0.1, -0.05) is 12.1 Å². The number of aromatic nitrogens is 2. The number of nitrogens with zero attached hydrogens (tertiary/aromatic N) is 3. The van der Waals surface area contributed by atoms with Crippen LogP contribution in [0.4, 0.5) is 16.2 Å². The zero-order chi connectivity index (χ0) is 20.8. The van der Waals surface area contributed by atoms with E-state index in [0.29, 0.717) is 16.0 Å². The van der Waals surface area contributed by atoms with Crippen LogP contribution in [0.5, 0.6) is 11.8 Å². The van der Waals surface area contributed by atoms with Crippen LogP contribution < -0.4 is 15.4 Å². The molecule has 0 aliphatic carbocycles. The van der Waals surface area contributed by atoms with Gasteiger partial charge in [-0.3, -0.25) is 20.2 Å². The first-order valence-corrected chi connectivity index (χ1v) is 8.84. The SMILES string of the molecule is O=C(NC(=O)c1ccccc1[N+](=O)[O-])Nc1ccc(Oc2nccc(Br)n2)cc1. The number of ether oxygens (including phenoxy) is 1. The summed E-state index contributed by atoms with van der Waals surface area (Å²) in [5, 5.41) is 15.5. The maximum absolute atomic E-state index is 12.1. The van der Waals surface area contributed by atoms with Gasteiger partial charge in [0.25, 0.3) is 11.6 Å². The monoisotopic (exact) mass is 457 g/mol. The fourth-order valence-electron chi connectivity index (χ4n) is 2.24. The van der Waals surface area contributed by atoms with Crippen LogP contribution in [-0.4, -0.2) is 26.8 Å². The number of anilines is 1. The number of carbonyl (C=O) groups excluding carboxylic acids is 2. The Morgan fingerprint density at radius 1 is 1.07 bits per heavy atom. The molecule has 3 amide bonds. The maximum atomic E-state index is 12.1. The van der Waals surface area contributed by atoms with E-state index in [9.17, 15) is 19.7 Å². The minimum Gasteiger partial charge on any atom is -0.424 e. The van der Waals surface area contributed by atoms with E-state index in [2.05, 4.69) is 36.5 Å². The third-order valence-electron chi connectivity index (χ3n) is 3.49. The van der Waals surface area contributed by atoms with Crippen LogP contribution in [0.3, 0.4) is 0 Å². The lowest BCUT2D eigenvalue weighted by atomic mass is 10.1. The first-order valence-electron chi connectivity index (χ1n) is 8.04. The van der Waals surface area contributed by atoms with E-state index in [1.165, 1.54) is 30.5 Å². The van der Waals surface area contributed by atoms with Crippen molar-refractivity contribution >= 4 is 39.2 Å². The number of urea groups is 1. The van der Waals surface area contributed by atoms with Crippen LogP contribution >= 0.6 is 15.9 Å². The van der Waals surface area contributed by atoms with Gasteiger partial charge in [0.05, 0.1) is 4.92 Å². The number of benzene rings is 2. The van der Waals surface area contributed by atoms with E-state index >= 15 is 0 Å². The molecule has 0 spiro atoms. The average Bonchev–Trinajstić information content (AvgIpc) is 2.69. The quantitative estimate of drug-likeness (QED) is 0.336. The van der Waals surface area contributed by atoms with Crippen molar-refractivity contribution in [1.29, 1.82) is 0 Å². The Bertz CT molecular complexity index is 1070. The first kappa shape index (κ1) is 19.9. The van der Waals surface area contributed by atoms with Gasteiger partial charge in [0, 0.05) is 18.0 Å². The van der Waals surface area contributed by atoms with Gasteiger partial charge in [0.15, 0.2) is 0 Å². The highest BCUT2D eigenvalue weighted by molar-refractivity contribution is 9.10. The molecule has 10 nitrogen and oxygen atoms in total. The van der Waals surface area contributed by atoms with Gasteiger partial charge < -0.3 is 10.1 Å². The third kappa shape index (κ3) is 5.32. The molecule has 0 aliphatic rings. The van der Waals surface area contributed by atoms with Crippen LogP contribution in [0.1, 0.15) is 10.4 Å². The molecule has 2 N–H and O–H groups in total. The molecule has 1 heterocycles. The fraction of sp³-hybridized carbons (Fsp3) is 0. The molecule has 0 saturated carbocycles. The Morgan fingerprint density at radius 3 is 2.48 bits per heavy atom. The van der Waals surface area contributed by atoms with Gasteiger partial charge in [-0.2, -0.15) is 4.98 Å². The summed E-state index contributed by atoms with van der Waals surface area (Å²) in [5.41, 5.74) is -0.236. The van der Waals surface area contributed by atoms with Crippen molar-refractivity contribution in [3.63, 3.8) is 0 Å². The molecule has 0 aliphatic heterocycles. The lowest BCUT2D eigenvalue weighted by Gasteiger charge is -2.08. The first-order chi connectivity index (χ1) is 13.9. The zero-order valence-electron chi connectivity index (χ0n) is 14.5. The van der Waals surface area contributed by atoms with Crippen molar-refractivity contribution in [3.8, 4) is 11.8 Å². The minimum absolute atomic E-state index is 0.146. The Labute approximate surface area is 172 Å². The highest BCUT2D eigenvalue weighted by atomic mass is 79.9. The topological polar surface area (TPSA) is 136 Å². The van der Waals surface area contributed by atoms with Crippen molar-refractivity contribution in [3.05, 3.63) is 81.1 Å². The summed E-state index contributed by atoms with van der Waals surface area (Å²) < 4.78 is 6.05. The number of nitro groups is 1. The fourth-order valence-corrected chi connectivity index (χ4v) is 2.51. The molecule has 11 heteroatoms. The molecule has 0 fully saturated rings. The highest BCUT2D eigenvalue weighted by Gasteiger charge is 2.20. The Balaban J connectivity index is 1.61. The number of hydrogen-bond acceptors (Lipinski definition) is 7. The largest absolute Gasteiger partial charge is 0.424 e. The lowest BCUT2D eigenvalue weighted by Crippen LogP contribution is -2.34. The normalized spacial score (nSPS) is 10.1. The minimum atomic E-state index is -0.887.